The van der Waals surface area contributed by atoms with Gasteiger partial charge < -0.3 is 15.8 Å². The van der Waals surface area contributed by atoms with Gasteiger partial charge in [-0.1, -0.05) is 31.2 Å². The Labute approximate surface area is 124 Å². The lowest BCUT2D eigenvalue weighted by Crippen LogP contribution is -2.15. The number of hydrogen-bond donors (Lipinski definition) is 2. The average Bonchev–Trinajstić information content (AvgIpc) is 2.49. The first kappa shape index (κ1) is 14.9. The molecule has 21 heavy (non-hydrogen) atoms. The molecular weight excluding hydrogens is 264 g/mol. The molecule has 0 aromatic heterocycles. The van der Waals surface area contributed by atoms with Crippen LogP contribution in [0.2, 0.25) is 0 Å². The summed E-state index contributed by atoms with van der Waals surface area (Å²) in [6.07, 6.45) is 1.23. The minimum atomic E-state index is -0.0715. The minimum Gasteiger partial charge on any atom is -0.491 e. The molecule has 0 saturated heterocycles. The molecule has 0 spiro atoms. The van der Waals surface area contributed by atoms with Crippen molar-refractivity contribution in [2.45, 2.75) is 19.8 Å². The number of carbonyl (C=O) groups excluding carboxylic acids is 1. The van der Waals surface area contributed by atoms with Crippen LogP contribution in [0.3, 0.4) is 0 Å². The Morgan fingerprint density at radius 3 is 2.76 bits per heavy atom. The first-order chi connectivity index (χ1) is 10.2. The van der Waals surface area contributed by atoms with Crippen molar-refractivity contribution in [2.24, 2.45) is 0 Å². The van der Waals surface area contributed by atoms with E-state index in [0.29, 0.717) is 18.0 Å². The van der Waals surface area contributed by atoms with E-state index in [9.17, 15) is 4.79 Å². The van der Waals surface area contributed by atoms with E-state index in [1.54, 1.807) is 12.1 Å². The van der Waals surface area contributed by atoms with Gasteiger partial charge in [-0.2, -0.15) is 0 Å². The Hall–Kier alpha value is -2.49. The van der Waals surface area contributed by atoms with Crippen molar-refractivity contribution >= 4 is 17.3 Å². The number of nitrogens with two attached hydrogens (primary N) is 1. The smallest absolute Gasteiger partial charge is 0.227 e. The number of para-hydroxylation sites is 2. The van der Waals surface area contributed by atoms with Crippen LogP contribution in [-0.4, -0.2) is 12.5 Å². The molecule has 1 amide bonds. The summed E-state index contributed by atoms with van der Waals surface area (Å²) in [5, 5.41) is 2.87. The normalized spacial score (nSPS) is 10.1. The van der Waals surface area contributed by atoms with Gasteiger partial charge in [-0.3, -0.25) is 4.79 Å². The number of hydrogen-bond acceptors (Lipinski definition) is 3. The van der Waals surface area contributed by atoms with Crippen LogP contribution in [0.25, 0.3) is 0 Å². The van der Waals surface area contributed by atoms with Crippen molar-refractivity contribution in [1.29, 1.82) is 0 Å². The Morgan fingerprint density at radius 2 is 2.00 bits per heavy atom. The lowest BCUT2D eigenvalue weighted by molar-refractivity contribution is -0.116. The largest absolute Gasteiger partial charge is 0.491 e. The third-order valence-corrected chi connectivity index (χ3v) is 3.12. The summed E-state index contributed by atoms with van der Waals surface area (Å²) in [4.78, 5) is 11.9. The van der Waals surface area contributed by atoms with Crippen molar-refractivity contribution in [1.82, 2.24) is 0 Å². The lowest BCUT2D eigenvalue weighted by Gasteiger charge is -2.09. The van der Waals surface area contributed by atoms with Gasteiger partial charge in [0.05, 0.1) is 18.7 Å². The van der Waals surface area contributed by atoms with Crippen molar-refractivity contribution in [3.8, 4) is 5.75 Å². The van der Waals surface area contributed by atoms with Crippen molar-refractivity contribution in [3.63, 3.8) is 0 Å². The molecule has 3 N–H and O–H groups in total. The molecule has 0 saturated carbocycles. The Kier molecular flexibility index (Phi) is 5.21. The molecule has 4 nitrogen and oxygen atoms in total. The van der Waals surface area contributed by atoms with Crippen molar-refractivity contribution in [2.75, 3.05) is 17.7 Å². The van der Waals surface area contributed by atoms with E-state index in [1.807, 2.05) is 36.4 Å². The van der Waals surface area contributed by atoms with Gasteiger partial charge in [0.2, 0.25) is 5.91 Å². The summed E-state index contributed by atoms with van der Waals surface area (Å²) in [7, 11) is 0. The number of amides is 1. The molecule has 0 bridgehead atoms. The fraction of sp³-hybridized carbons (Fsp3) is 0.235. The van der Waals surface area contributed by atoms with Gasteiger partial charge in [-0.15, -0.1) is 0 Å². The monoisotopic (exact) mass is 284 g/mol. The predicted molar refractivity (Wildman–Crippen MR) is 85.4 cm³/mol. The number of carbonyl (C=O) groups is 1. The van der Waals surface area contributed by atoms with Gasteiger partial charge in [0, 0.05) is 5.69 Å². The van der Waals surface area contributed by atoms with Crippen LogP contribution in [0.5, 0.6) is 5.75 Å². The quantitative estimate of drug-likeness (QED) is 0.800. The molecule has 4 heteroatoms. The van der Waals surface area contributed by atoms with Crippen LogP contribution < -0.4 is 15.8 Å². The maximum atomic E-state index is 11.9. The number of nitrogens with one attached hydrogen (secondary N) is 1. The number of benzene rings is 2. The van der Waals surface area contributed by atoms with Crippen LogP contribution in [0, 0.1) is 0 Å². The third kappa shape index (κ3) is 4.53. The highest BCUT2D eigenvalue weighted by molar-refractivity contribution is 5.90. The molecule has 0 aliphatic carbocycles. The van der Waals surface area contributed by atoms with Gasteiger partial charge in [0.1, 0.15) is 5.75 Å². The molecule has 2 rings (SSSR count). The van der Waals surface area contributed by atoms with Gasteiger partial charge in [0.15, 0.2) is 0 Å². The summed E-state index contributed by atoms with van der Waals surface area (Å²) in [6.45, 7) is 2.38. The number of aryl methyl sites for hydroxylation is 1. The Bertz CT molecular complexity index is 611. The highest BCUT2D eigenvalue weighted by atomic mass is 16.5. The molecule has 2 aromatic rings. The lowest BCUT2D eigenvalue weighted by atomic mass is 10.1. The van der Waals surface area contributed by atoms with Crippen LogP contribution in [0.1, 0.15) is 18.9 Å². The number of anilines is 2. The molecular formula is C17H20N2O2. The maximum Gasteiger partial charge on any atom is 0.227 e. The van der Waals surface area contributed by atoms with Crippen LogP contribution >= 0.6 is 0 Å². The molecule has 2 aromatic carbocycles. The maximum absolute atomic E-state index is 11.9. The van der Waals surface area contributed by atoms with Gasteiger partial charge in [-0.25, -0.2) is 0 Å². The summed E-state index contributed by atoms with van der Waals surface area (Å²) in [6, 6.07) is 15.1. The van der Waals surface area contributed by atoms with Crippen LogP contribution in [0.4, 0.5) is 11.4 Å². The number of nitrogen functional groups attached to an aromatic ring is 1. The predicted octanol–water partition coefficient (Wildman–Crippen LogP) is 3.24. The first-order valence-corrected chi connectivity index (χ1v) is 7.05. The standard InChI is InChI=1S/C17H20N2O2/c1-2-13-6-5-7-14(12-13)19-17(20)10-11-21-16-9-4-3-8-15(16)18/h3-9,12H,2,10-11,18H2,1H3,(H,19,20). The first-order valence-electron chi connectivity index (χ1n) is 7.05. The third-order valence-electron chi connectivity index (χ3n) is 3.12. The van der Waals surface area contributed by atoms with Gasteiger partial charge >= 0.3 is 0 Å². The van der Waals surface area contributed by atoms with E-state index < -0.39 is 0 Å². The van der Waals surface area contributed by atoms with Crippen molar-refractivity contribution < 1.29 is 9.53 Å². The highest BCUT2D eigenvalue weighted by Gasteiger charge is 2.04. The fourth-order valence-electron chi connectivity index (χ4n) is 1.96. The summed E-state index contributed by atoms with van der Waals surface area (Å²) in [5.74, 6) is 0.538. The summed E-state index contributed by atoms with van der Waals surface area (Å²) in [5.41, 5.74) is 8.36. The van der Waals surface area contributed by atoms with E-state index >= 15 is 0 Å². The zero-order valence-electron chi connectivity index (χ0n) is 12.1. The highest BCUT2D eigenvalue weighted by Crippen LogP contribution is 2.19. The van der Waals surface area contributed by atoms with E-state index in [2.05, 4.69) is 12.2 Å². The second-order valence-electron chi connectivity index (χ2n) is 4.74. The second kappa shape index (κ2) is 7.33. The second-order valence-corrected chi connectivity index (χ2v) is 4.74. The molecule has 0 aliphatic rings. The number of rotatable bonds is 6. The summed E-state index contributed by atoms with van der Waals surface area (Å²) < 4.78 is 5.50. The summed E-state index contributed by atoms with van der Waals surface area (Å²) >= 11 is 0. The number of ether oxygens (including phenoxy) is 1. The Balaban J connectivity index is 1.81. The molecule has 0 heterocycles. The Morgan fingerprint density at radius 1 is 1.19 bits per heavy atom. The molecule has 0 unspecified atom stereocenters. The topological polar surface area (TPSA) is 64.3 Å². The van der Waals surface area contributed by atoms with Crippen LogP contribution in [-0.2, 0) is 11.2 Å². The zero-order chi connectivity index (χ0) is 15.1. The molecule has 0 atom stereocenters. The molecule has 110 valence electrons. The van der Waals surface area contributed by atoms with E-state index in [4.69, 9.17) is 10.5 Å². The fourth-order valence-corrected chi connectivity index (χ4v) is 1.96. The van der Waals surface area contributed by atoms with Crippen LogP contribution in [0.15, 0.2) is 48.5 Å². The SMILES string of the molecule is CCc1cccc(NC(=O)CCOc2ccccc2N)c1. The average molecular weight is 284 g/mol. The molecule has 0 fully saturated rings. The van der Waals surface area contributed by atoms with Gasteiger partial charge in [-0.05, 0) is 36.2 Å². The molecule has 0 radical (unpaired) electrons. The zero-order valence-corrected chi connectivity index (χ0v) is 12.1. The van der Waals surface area contributed by atoms with E-state index in [0.717, 1.165) is 12.1 Å². The molecule has 0 aliphatic heterocycles. The van der Waals surface area contributed by atoms with E-state index in [1.165, 1.54) is 5.56 Å². The van der Waals surface area contributed by atoms with Crippen molar-refractivity contribution in [3.05, 3.63) is 54.1 Å². The van der Waals surface area contributed by atoms with E-state index in [-0.39, 0.29) is 12.3 Å². The minimum absolute atomic E-state index is 0.0715. The van der Waals surface area contributed by atoms with Gasteiger partial charge in [0.25, 0.3) is 0 Å².